The molecule has 0 bridgehead atoms. The van der Waals surface area contributed by atoms with Crippen LogP contribution in [0.25, 0.3) is 0 Å². The fraction of sp³-hybridized carbons (Fsp3) is 0.111. The van der Waals surface area contributed by atoms with E-state index in [1.165, 1.54) is 43.5 Å². The number of nitrogens with zero attached hydrogens (tertiary/aromatic N) is 2. The van der Waals surface area contributed by atoms with Crippen molar-refractivity contribution in [2.75, 3.05) is 13.7 Å². The normalized spacial score (nSPS) is 14.0. The average molecular weight is 499 g/mol. The highest BCUT2D eigenvalue weighted by Gasteiger charge is 2.32. The zero-order chi connectivity index (χ0) is 26.5. The molecule has 3 aromatic rings. The summed E-state index contributed by atoms with van der Waals surface area (Å²) < 4.78 is 22.1. The third kappa shape index (κ3) is 4.92. The SMILES string of the molecule is C=CCOc1ccc(C2C(C#N)=C(N)Oc3cc(OC(=O)c4ccccc4[N+](=O)[O-])ccc32)cc1OC. The van der Waals surface area contributed by atoms with E-state index in [0.717, 1.165) is 0 Å². The molecule has 0 amide bonds. The van der Waals surface area contributed by atoms with E-state index >= 15 is 0 Å². The van der Waals surface area contributed by atoms with E-state index < -0.39 is 16.8 Å². The van der Waals surface area contributed by atoms with E-state index in [4.69, 9.17) is 24.7 Å². The molecule has 1 aliphatic rings. The zero-order valence-electron chi connectivity index (χ0n) is 19.7. The van der Waals surface area contributed by atoms with Crippen molar-refractivity contribution in [1.29, 1.82) is 5.26 Å². The minimum atomic E-state index is -0.902. The minimum Gasteiger partial charge on any atom is -0.493 e. The van der Waals surface area contributed by atoms with E-state index in [1.807, 2.05) is 0 Å². The Morgan fingerprint density at radius 2 is 2.00 bits per heavy atom. The number of benzene rings is 3. The van der Waals surface area contributed by atoms with Gasteiger partial charge in [0.05, 0.1) is 18.0 Å². The maximum absolute atomic E-state index is 12.7. The lowest BCUT2D eigenvalue weighted by Crippen LogP contribution is -2.21. The van der Waals surface area contributed by atoms with Gasteiger partial charge < -0.3 is 24.7 Å². The van der Waals surface area contributed by atoms with Crippen molar-refractivity contribution in [1.82, 2.24) is 0 Å². The fourth-order valence-corrected chi connectivity index (χ4v) is 3.94. The first-order chi connectivity index (χ1) is 17.9. The van der Waals surface area contributed by atoms with E-state index in [1.54, 1.807) is 30.3 Å². The molecule has 0 radical (unpaired) electrons. The molecule has 1 unspecified atom stereocenters. The van der Waals surface area contributed by atoms with Crippen LogP contribution in [0.1, 0.15) is 27.4 Å². The Labute approximate surface area is 211 Å². The predicted molar refractivity (Wildman–Crippen MR) is 132 cm³/mol. The molecule has 3 aromatic carbocycles. The van der Waals surface area contributed by atoms with Gasteiger partial charge in [-0.25, -0.2) is 4.79 Å². The van der Waals surface area contributed by atoms with E-state index in [0.29, 0.717) is 29.2 Å². The van der Waals surface area contributed by atoms with Crippen LogP contribution in [0.3, 0.4) is 0 Å². The summed E-state index contributed by atoms with van der Waals surface area (Å²) in [5.41, 5.74) is 6.99. The Morgan fingerprint density at radius 3 is 2.70 bits per heavy atom. The summed E-state index contributed by atoms with van der Waals surface area (Å²) in [6, 6.07) is 17.4. The van der Waals surface area contributed by atoms with Crippen LogP contribution in [0, 0.1) is 21.4 Å². The van der Waals surface area contributed by atoms with Crippen molar-refractivity contribution in [2.45, 2.75) is 5.92 Å². The van der Waals surface area contributed by atoms with Gasteiger partial charge in [0.2, 0.25) is 5.88 Å². The second-order valence-corrected chi connectivity index (χ2v) is 7.80. The van der Waals surface area contributed by atoms with Crippen LogP contribution in [-0.2, 0) is 0 Å². The fourth-order valence-electron chi connectivity index (χ4n) is 3.94. The topological polar surface area (TPSA) is 147 Å². The van der Waals surface area contributed by atoms with Gasteiger partial charge in [-0.05, 0) is 29.8 Å². The molecule has 10 nitrogen and oxygen atoms in total. The molecule has 1 heterocycles. The molecule has 10 heteroatoms. The van der Waals surface area contributed by atoms with Gasteiger partial charge in [-0.1, -0.05) is 36.9 Å². The molecule has 2 N–H and O–H groups in total. The second-order valence-electron chi connectivity index (χ2n) is 7.80. The number of carbonyl (C=O) groups excluding carboxylic acids is 1. The van der Waals surface area contributed by atoms with Gasteiger partial charge in [-0.3, -0.25) is 10.1 Å². The Kier molecular flexibility index (Phi) is 7.06. The second kappa shape index (κ2) is 10.5. The third-order valence-corrected chi connectivity index (χ3v) is 5.60. The van der Waals surface area contributed by atoms with Crippen molar-refractivity contribution in [3.8, 4) is 29.1 Å². The molecule has 0 fully saturated rings. The number of allylic oxidation sites excluding steroid dienone is 1. The van der Waals surface area contributed by atoms with Crippen LogP contribution in [0.4, 0.5) is 5.69 Å². The summed E-state index contributed by atoms with van der Waals surface area (Å²) in [6.45, 7) is 3.93. The summed E-state index contributed by atoms with van der Waals surface area (Å²) in [4.78, 5) is 23.3. The molecular weight excluding hydrogens is 478 g/mol. The number of nitrogens with two attached hydrogens (primary N) is 1. The first-order valence-corrected chi connectivity index (χ1v) is 11.0. The first kappa shape index (κ1) is 24.8. The van der Waals surface area contributed by atoms with E-state index in [-0.39, 0.29) is 34.2 Å². The Hall–Kier alpha value is -5.30. The molecular formula is C27H21N3O7. The van der Waals surface area contributed by atoms with Crippen LogP contribution in [0.2, 0.25) is 0 Å². The molecule has 0 saturated carbocycles. The number of nitro benzene ring substituents is 1. The van der Waals surface area contributed by atoms with Gasteiger partial charge in [0.1, 0.15) is 35.3 Å². The molecule has 37 heavy (non-hydrogen) atoms. The Bertz CT molecular complexity index is 1470. The lowest BCUT2D eigenvalue weighted by molar-refractivity contribution is -0.385. The van der Waals surface area contributed by atoms with Crippen molar-refractivity contribution in [3.05, 3.63) is 112 Å². The maximum atomic E-state index is 12.7. The standard InChI is InChI=1S/C27H21N3O7/c1-3-12-35-22-11-8-16(13-24(22)34-2)25-19-10-9-17(14-23(19)37-26(29)20(25)15-28)36-27(31)18-6-4-5-7-21(18)30(32)33/h3-11,13-14,25H,1,12,29H2,2H3. The number of nitro groups is 1. The molecule has 4 rings (SSSR count). The van der Waals surface area contributed by atoms with Crippen LogP contribution in [0.5, 0.6) is 23.0 Å². The average Bonchev–Trinajstić information content (AvgIpc) is 2.90. The zero-order valence-corrected chi connectivity index (χ0v) is 19.7. The Balaban J connectivity index is 1.70. The predicted octanol–water partition coefficient (Wildman–Crippen LogP) is 4.61. The van der Waals surface area contributed by atoms with Crippen molar-refractivity contribution >= 4 is 11.7 Å². The lowest BCUT2D eigenvalue weighted by Gasteiger charge is -2.27. The van der Waals surface area contributed by atoms with Crippen molar-refractivity contribution < 1.29 is 28.7 Å². The highest BCUT2D eigenvalue weighted by molar-refractivity contribution is 5.95. The number of nitriles is 1. The number of ether oxygens (including phenoxy) is 4. The van der Waals surface area contributed by atoms with Gasteiger partial charge in [0.15, 0.2) is 11.5 Å². The minimum absolute atomic E-state index is 0.0830. The lowest BCUT2D eigenvalue weighted by atomic mass is 9.83. The molecule has 0 saturated heterocycles. The summed E-state index contributed by atoms with van der Waals surface area (Å²) in [5, 5.41) is 21.1. The highest BCUT2D eigenvalue weighted by Crippen LogP contribution is 2.45. The van der Waals surface area contributed by atoms with Crippen LogP contribution in [0.15, 0.2) is 84.8 Å². The largest absolute Gasteiger partial charge is 0.493 e. The van der Waals surface area contributed by atoms with Crippen LogP contribution in [-0.4, -0.2) is 24.6 Å². The number of hydrogen-bond donors (Lipinski definition) is 1. The first-order valence-electron chi connectivity index (χ1n) is 11.0. The van der Waals surface area contributed by atoms with Gasteiger partial charge in [-0.15, -0.1) is 0 Å². The number of esters is 1. The molecule has 1 aliphatic heterocycles. The van der Waals surface area contributed by atoms with Crippen LogP contribution < -0.4 is 24.7 Å². The molecule has 0 spiro atoms. The van der Waals surface area contributed by atoms with Crippen molar-refractivity contribution in [2.24, 2.45) is 5.73 Å². The van der Waals surface area contributed by atoms with Crippen LogP contribution >= 0.6 is 0 Å². The molecule has 186 valence electrons. The van der Waals surface area contributed by atoms with E-state index in [9.17, 15) is 20.2 Å². The maximum Gasteiger partial charge on any atom is 0.350 e. The number of para-hydroxylation sites is 1. The summed E-state index contributed by atoms with van der Waals surface area (Å²) >= 11 is 0. The number of rotatable bonds is 8. The van der Waals surface area contributed by atoms with Gasteiger partial charge in [0, 0.05) is 17.7 Å². The number of carbonyl (C=O) groups is 1. The summed E-state index contributed by atoms with van der Waals surface area (Å²) in [7, 11) is 1.50. The molecule has 1 atom stereocenters. The quantitative estimate of drug-likeness (QED) is 0.154. The third-order valence-electron chi connectivity index (χ3n) is 5.60. The monoisotopic (exact) mass is 499 g/mol. The van der Waals surface area contributed by atoms with Gasteiger partial charge in [-0.2, -0.15) is 5.26 Å². The van der Waals surface area contributed by atoms with Crippen molar-refractivity contribution in [3.63, 3.8) is 0 Å². The highest BCUT2D eigenvalue weighted by atomic mass is 16.6. The smallest absolute Gasteiger partial charge is 0.350 e. The van der Waals surface area contributed by atoms with E-state index in [2.05, 4.69) is 12.6 Å². The summed E-state index contributed by atoms with van der Waals surface area (Å²) in [5.74, 6) is -0.297. The number of hydrogen-bond acceptors (Lipinski definition) is 9. The number of fused-ring (bicyclic) bond motifs is 1. The number of methoxy groups -OCH3 is 1. The molecule has 0 aromatic heterocycles. The van der Waals surface area contributed by atoms with Gasteiger partial charge in [0.25, 0.3) is 5.69 Å². The molecule has 0 aliphatic carbocycles. The van der Waals surface area contributed by atoms with Gasteiger partial charge >= 0.3 is 5.97 Å². The summed E-state index contributed by atoms with van der Waals surface area (Å²) in [6.07, 6.45) is 1.61. The Morgan fingerprint density at radius 1 is 1.22 bits per heavy atom.